The van der Waals surface area contributed by atoms with Gasteiger partial charge in [0.1, 0.15) is 0 Å². The maximum absolute atomic E-state index is 2.61. The summed E-state index contributed by atoms with van der Waals surface area (Å²) in [6.45, 7) is 4.70. The van der Waals surface area contributed by atoms with Gasteiger partial charge >= 0.3 is 0 Å². The maximum atomic E-state index is 2.61. The first kappa shape index (κ1) is 17.0. The van der Waals surface area contributed by atoms with E-state index >= 15 is 0 Å². The molecule has 0 spiro atoms. The fourth-order valence-corrected chi connectivity index (χ4v) is 5.39. The Bertz CT molecular complexity index is 684. The molecular weight excluding hydrogens is 324 g/mol. The van der Waals surface area contributed by atoms with Crippen LogP contribution in [0.3, 0.4) is 0 Å². The van der Waals surface area contributed by atoms with E-state index in [9.17, 15) is 0 Å². The Morgan fingerprint density at radius 2 is 1.60 bits per heavy atom. The summed E-state index contributed by atoms with van der Waals surface area (Å²) in [6, 6.07) is 18.4. The third-order valence-electron chi connectivity index (χ3n) is 5.87. The van der Waals surface area contributed by atoms with Crippen LogP contribution in [0.5, 0.6) is 0 Å². The van der Waals surface area contributed by atoms with Gasteiger partial charge in [-0.15, -0.1) is 0 Å². The Kier molecular flexibility index (Phi) is 5.05. The van der Waals surface area contributed by atoms with E-state index in [-0.39, 0.29) is 0 Å². The zero-order valence-electron chi connectivity index (χ0n) is 15.3. The number of fused-ring (bicyclic) bond motifs is 2. The molecule has 2 aliphatic rings. The molecule has 132 valence electrons. The minimum Gasteiger partial charge on any atom is -0.340 e. The first-order valence-corrected chi connectivity index (χ1v) is 10.4. The van der Waals surface area contributed by atoms with Crippen LogP contribution in [-0.4, -0.2) is 31.1 Å². The summed E-state index contributed by atoms with van der Waals surface area (Å²) in [4.78, 5) is 7.91. The van der Waals surface area contributed by atoms with E-state index in [1.165, 1.54) is 53.4 Å². The summed E-state index contributed by atoms with van der Waals surface area (Å²) in [5, 5.41) is 0. The van der Waals surface area contributed by atoms with Crippen molar-refractivity contribution >= 4 is 23.1 Å². The van der Waals surface area contributed by atoms with Crippen molar-refractivity contribution in [3.8, 4) is 0 Å². The molecule has 2 aromatic rings. The summed E-state index contributed by atoms with van der Waals surface area (Å²) in [5.74, 6) is 0.897. The zero-order valence-corrected chi connectivity index (χ0v) is 16.1. The van der Waals surface area contributed by atoms with Crippen molar-refractivity contribution in [2.45, 2.75) is 48.4 Å². The molecule has 0 aromatic heterocycles. The highest BCUT2D eigenvalue weighted by Crippen LogP contribution is 2.47. The van der Waals surface area contributed by atoms with Crippen molar-refractivity contribution < 1.29 is 0 Å². The molecule has 2 aromatic carbocycles. The van der Waals surface area contributed by atoms with Gasteiger partial charge in [0, 0.05) is 28.9 Å². The molecule has 0 saturated carbocycles. The van der Waals surface area contributed by atoms with E-state index in [0.717, 1.165) is 18.5 Å². The number of hydrogen-bond donors (Lipinski definition) is 0. The Morgan fingerprint density at radius 3 is 2.20 bits per heavy atom. The van der Waals surface area contributed by atoms with Crippen molar-refractivity contribution in [2.75, 3.05) is 25.0 Å². The molecule has 25 heavy (non-hydrogen) atoms. The number of piperidine rings is 1. The molecule has 2 nitrogen and oxygen atoms in total. The van der Waals surface area contributed by atoms with Crippen LogP contribution in [0.4, 0.5) is 11.4 Å². The number of rotatable bonds is 4. The fourth-order valence-electron chi connectivity index (χ4n) is 4.29. The van der Waals surface area contributed by atoms with Gasteiger partial charge in [0.15, 0.2) is 0 Å². The monoisotopic (exact) mass is 352 g/mol. The molecule has 0 bridgehead atoms. The molecule has 0 radical (unpaired) electrons. The van der Waals surface area contributed by atoms with Gasteiger partial charge in [-0.25, -0.2) is 0 Å². The lowest BCUT2D eigenvalue weighted by molar-refractivity contribution is 0.130. The van der Waals surface area contributed by atoms with Crippen LogP contribution in [-0.2, 0) is 0 Å². The van der Waals surface area contributed by atoms with Gasteiger partial charge in [0.25, 0.3) is 0 Å². The van der Waals surface area contributed by atoms with E-state index in [1.807, 2.05) is 11.8 Å². The number of likely N-dealkylation sites (tertiary alicyclic amines) is 1. The first-order valence-electron chi connectivity index (χ1n) is 9.60. The number of para-hydroxylation sites is 2. The molecule has 2 unspecified atom stereocenters. The lowest BCUT2D eigenvalue weighted by Gasteiger charge is -2.39. The van der Waals surface area contributed by atoms with Crippen molar-refractivity contribution in [2.24, 2.45) is 5.92 Å². The number of benzene rings is 2. The second-order valence-electron chi connectivity index (χ2n) is 7.42. The molecule has 0 aliphatic carbocycles. The third kappa shape index (κ3) is 3.45. The third-order valence-corrected chi connectivity index (χ3v) is 7.00. The van der Waals surface area contributed by atoms with Crippen LogP contribution in [0.15, 0.2) is 58.3 Å². The average molecular weight is 353 g/mol. The minimum absolute atomic E-state index is 0.719. The number of hydrogen-bond acceptors (Lipinski definition) is 3. The normalized spacial score (nSPS) is 23.2. The predicted octanol–water partition coefficient (Wildman–Crippen LogP) is 5.80. The summed E-state index contributed by atoms with van der Waals surface area (Å²) in [5.41, 5.74) is 2.74. The van der Waals surface area contributed by atoms with Gasteiger partial charge in [0.05, 0.1) is 11.4 Å². The van der Waals surface area contributed by atoms with Gasteiger partial charge in [-0.2, -0.15) is 0 Å². The average Bonchev–Trinajstić information content (AvgIpc) is 2.66. The van der Waals surface area contributed by atoms with E-state index in [0.29, 0.717) is 0 Å². The van der Waals surface area contributed by atoms with Crippen LogP contribution < -0.4 is 4.90 Å². The molecule has 1 fully saturated rings. The van der Waals surface area contributed by atoms with Crippen molar-refractivity contribution in [3.63, 3.8) is 0 Å². The van der Waals surface area contributed by atoms with E-state index in [2.05, 4.69) is 72.3 Å². The highest BCUT2D eigenvalue weighted by molar-refractivity contribution is 7.99. The molecule has 0 amide bonds. The molecule has 2 heterocycles. The van der Waals surface area contributed by atoms with Gasteiger partial charge in [-0.3, -0.25) is 0 Å². The predicted molar refractivity (Wildman–Crippen MR) is 108 cm³/mol. The minimum atomic E-state index is 0.719. The summed E-state index contributed by atoms with van der Waals surface area (Å²) < 4.78 is 0. The van der Waals surface area contributed by atoms with Crippen molar-refractivity contribution in [1.82, 2.24) is 4.90 Å². The van der Waals surface area contributed by atoms with E-state index in [1.54, 1.807) is 0 Å². The fraction of sp³-hybridized carbons (Fsp3) is 0.455. The molecule has 3 heteroatoms. The van der Waals surface area contributed by atoms with Crippen LogP contribution in [0.1, 0.15) is 32.6 Å². The summed E-state index contributed by atoms with van der Waals surface area (Å²) >= 11 is 1.90. The molecule has 2 atom stereocenters. The highest BCUT2D eigenvalue weighted by Gasteiger charge is 2.27. The maximum Gasteiger partial charge on any atom is 0.0552 e. The lowest BCUT2D eigenvalue weighted by atomic mass is 9.90. The van der Waals surface area contributed by atoms with Crippen LogP contribution in [0.25, 0.3) is 0 Å². The van der Waals surface area contributed by atoms with Gasteiger partial charge in [-0.05, 0) is 56.5 Å². The standard InChI is InChI=1S/C22H28N2S/c1-3-17-12-13-18(23(2)16-17)14-15-24-19-8-4-6-10-21(19)25-22-11-7-5-9-20(22)24/h4-11,17-18H,3,12-16H2,1-2H3. The molecule has 4 rings (SSSR count). The molecular formula is C22H28N2S. The van der Waals surface area contributed by atoms with E-state index < -0.39 is 0 Å². The first-order chi connectivity index (χ1) is 12.3. The summed E-state index contributed by atoms with van der Waals surface area (Å²) in [7, 11) is 2.32. The van der Waals surface area contributed by atoms with Gasteiger partial charge in [0.2, 0.25) is 0 Å². The largest absolute Gasteiger partial charge is 0.340 e. The van der Waals surface area contributed by atoms with E-state index in [4.69, 9.17) is 0 Å². The molecule has 0 N–H and O–H groups in total. The number of anilines is 2. The Hall–Kier alpha value is -1.45. The summed E-state index contributed by atoms with van der Waals surface area (Å²) in [6.07, 6.45) is 5.30. The highest BCUT2D eigenvalue weighted by atomic mass is 32.2. The smallest absolute Gasteiger partial charge is 0.0552 e. The second-order valence-corrected chi connectivity index (χ2v) is 8.51. The Balaban J connectivity index is 1.53. The lowest BCUT2D eigenvalue weighted by Crippen LogP contribution is -2.42. The van der Waals surface area contributed by atoms with Crippen molar-refractivity contribution in [3.05, 3.63) is 48.5 Å². The topological polar surface area (TPSA) is 6.48 Å². The number of nitrogens with zero attached hydrogens (tertiary/aromatic N) is 2. The van der Waals surface area contributed by atoms with Gasteiger partial charge in [-0.1, -0.05) is 49.4 Å². The van der Waals surface area contributed by atoms with Crippen LogP contribution >= 0.6 is 11.8 Å². The Labute approximate surface area is 156 Å². The molecule has 2 aliphatic heterocycles. The van der Waals surface area contributed by atoms with Crippen LogP contribution in [0.2, 0.25) is 0 Å². The molecule has 1 saturated heterocycles. The zero-order chi connectivity index (χ0) is 17.2. The second kappa shape index (κ2) is 7.43. The van der Waals surface area contributed by atoms with Crippen molar-refractivity contribution in [1.29, 1.82) is 0 Å². The van der Waals surface area contributed by atoms with Gasteiger partial charge < -0.3 is 9.80 Å². The quantitative estimate of drug-likeness (QED) is 0.686. The van der Waals surface area contributed by atoms with Crippen LogP contribution in [0, 0.1) is 5.92 Å². The Morgan fingerprint density at radius 1 is 0.960 bits per heavy atom. The SMILES string of the molecule is CCC1CCC(CCN2c3ccccc3Sc3ccccc32)N(C)C1.